The fourth-order valence-electron chi connectivity index (χ4n) is 4.90. The molecular formula is C28H42N4O4. The Morgan fingerprint density at radius 2 is 1.81 bits per heavy atom. The van der Waals surface area contributed by atoms with E-state index in [0.29, 0.717) is 6.42 Å². The van der Waals surface area contributed by atoms with Crippen LogP contribution in [0.3, 0.4) is 0 Å². The molecule has 36 heavy (non-hydrogen) atoms. The molecule has 0 radical (unpaired) electrons. The highest BCUT2D eigenvalue weighted by atomic mass is 16.4. The van der Waals surface area contributed by atoms with Crippen molar-refractivity contribution in [3.05, 3.63) is 47.7 Å². The second-order valence-corrected chi connectivity index (χ2v) is 10.4. The lowest BCUT2D eigenvalue weighted by Gasteiger charge is -2.36. The van der Waals surface area contributed by atoms with Gasteiger partial charge in [0.2, 0.25) is 11.8 Å². The van der Waals surface area contributed by atoms with Crippen LogP contribution in [0.15, 0.2) is 42.1 Å². The van der Waals surface area contributed by atoms with Crippen LogP contribution in [0.2, 0.25) is 0 Å². The lowest BCUT2D eigenvalue weighted by Crippen LogP contribution is -2.58. The largest absolute Gasteiger partial charge is 0.478 e. The van der Waals surface area contributed by atoms with Crippen molar-refractivity contribution in [2.45, 2.75) is 71.5 Å². The fourth-order valence-corrected chi connectivity index (χ4v) is 4.90. The normalized spacial score (nSPS) is 15.0. The summed E-state index contributed by atoms with van der Waals surface area (Å²) in [7, 11) is 5.40. The Balaban J connectivity index is 2.31. The number of nitrogens with one attached hydrogen (secondary N) is 2. The number of fused-ring (bicyclic) bond motifs is 1. The van der Waals surface area contributed by atoms with Crippen LogP contribution in [-0.2, 0) is 26.8 Å². The van der Waals surface area contributed by atoms with E-state index < -0.39 is 29.5 Å². The predicted molar refractivity (Wildman–Crippen MR) is 144 cm³/mol. The highest BCUT2D eigenvalue weighted by molar-refractivity contribution is 5.92. The molecule has 1 aromatic heterocycles. The second-order valence-electron chi connectivity index (χ2n) is 10.4. The average molecular weight is 499 g/mol. The number of carbonyl (C=O) groups excluding carboxylic acids is 2. The number of aliphatic carboxylic acids is 1. The van der Waals surface area contributed by atoms with Gasteiger partial charge in [-0.15, -0.1) is 0 Å². The van der Waals surface area contributed by atoms with Crippen molar-refractivity contribution in [2.75, 3.05) is 14.1 Å². The van der Waals surface area contributed by atoms with Crippen LogP contribution < -0.4 is 10.6 Å². The molecular weight excluding hydrogens is 456 g/mol. The summed E-state index contributed by atoms with van der Waals surface area (Å²) in [6.07, 6.45) is 4.06. The van der Waals surface area contributed by atoms with Crippen LogP contribution in [0.1, 0.15) is 53.5 Å². The molecule has 0 spiro atoms. The maximum absolute atomic E-state index is 13.6. The molecule has 2 aromatic rings. The van der Waals surface area contributed by atoms with E-state index in [-0.39, 0.29) is 23.3 Å². The molecule has 0 saturated heterocycles. The van der Waals surface area contributed by atoms with Crippen LogP contribution in [0.4, 0.5) is 0 Å². The van der Waals surface area contributed by atoms with Gasteiger partial charge in [0.25, 0.3) is 0 Å². The number of benzene rings is 1. The lowest BCUT2D eigenvalue weighted by molar-refractivity contribution is -0.138. The van der Waals surface area contributed by atoms with Crippen LogP contribution in [-0.4, -0.2) is 64.6 Å². The van der Waals surface area contributed by atoms with Gasteiger partial charge in [-0.25, -0.2) is 4.79 Å². The monoisotopic (exact) mass is 498 g/mol. The predicted octanol–water partition coefficient (Wildman–Crippen LogP) is 3.45. The Morgan fingerprint density at radius 3 is 2.33 bits per heavy atom. The lowest BCUT2D eigenvalue weighted by atomic mass is 9.77. The first-order chi connectivity index (χ1) is 16.8. The number of aryl methyl sites for hydroxylation is 1. The van der Waals surface area contributed by atoms with Gasteiger partial charge < -0.3 is 25.2 Å². The van der Waals surface area contributed by atoms with Gasteiger partial charge in [0.05, 0.1) is 12.1 Å². The van der Waals surface area contributed by atoms with Crippen molar-refractivity contribution in [1.29, 1.82) is 0 Å². The summed E-state index contributed by atoms with van der Waals surface area (Å²) in [4.78, 5) is 39.9. The zero-order valence-electron chi connectivity index (χ0n) is 23.0. The molecule has 1 aromatic carbocycles. The Kier molecular flexibility index (Phi) is 9.49. The van der Waals surface area contributed by atoms with Crippen LogP contribution in [0.25, 0.3) is 10.9 Å². The highest BCUT2D eigenvalue weighted by Gasteiger charge is 2.39. The minimum absolute atomic E-state index is 0.00295. The minimum Gasteiger partial charge on any atom is -0.478 e. The van der Waals surface area contributed by atoms with Crippen LogP contribution in [0, 0.1) is 5.92 Å². The third-order valence-corrected chi connectivity index (χ3v) is 7.12. The smallest absolute Gasteiger partial charge is 0.331 e. The van der Waals surface area contributed by atoms with Gasteiger partial charge >= 0.3 is 5.97 Å². The Labute approximate surface area is 214 Å². The summed E-state index contributed by atoms with van der Waals surface area (Å²) in [6, 6.07) is 6.36. The van der Waals surface area contributed by atoms with E-state index in [1.165, 1.54) is 11.8 Å². The first kappa shape index (κ1) is 29.1. The molecule has 0 saturated carbocycles. The zero-order chi connectivity index (χ0) is 27.4. The number of para-hydroxylation sites is 1. The zero-order valence-corrected chi connectivity index (χ0v) is 23.0. The van der Waals surface area contributed by atoms with Gasteiger partial charge in [-0.2, -0.15) is 0 Å². The van der Waals surface area contributed by atoms with E-state index in [2.05, 4.69) is 33.5 Å². The number of likely N-dealkylation sites (N-methyl/N-ethyl adjacent to an activating group) is 2. The van der Waals surface area contributed by atoms with Crippen molar-refractivity contribution in [1.82, 2.24) is 20.1 Å². The Morgan fingerprint density at radius 1 is 1.19 bits per heavy atom. The van der Waals surface area contributed by atoms with E-state index in [9.17, 15) is 19.5 Å². The van der Waals surface area contributed by atoms with E-state index in [1.54, 1.807) is 20.2 Å². The second kappa shape index (κ2) is 11.7. The molecule has 0 aliphatic carbocycles. The molecule has 198 valence electrons. The quantitative estimate of drug-likeness (QED) is 0.412. The highest BCUT2D eigenvalue weighted by Crippen LogP contribution is 2.34. The molecule has 3 N–H and O–H groups in total. The molecule has 3 atom stereocenters. The van der Waals surface area contributed by atoms with E-state index in [0.717, 1.165) is 16.5 Å². The topological polar surface area (TPSA) is 104 Å². The number of hydrogen-bond donors (Lipinski definition) is 3. The van der Waals surface area contributed by atoms with Gasteiger partial charge in [0, 0.05) is 42.2 Å². The fraction of sp³-hybridized carbons (Fsp3) is 0.536. The summed E-state index contributed by atoms with van der Waals surface area (Å²) >= 11 is 0. The molecule has 0 aliphatic heterocycles. The molecule has 0 aliphatic rings. The van der Waals surface area contributed by atoms with Crippen LogP contribution >= 0.6 is 0 Å². The molecule has 2 rings (SSSR count). The van der Waals surface area contributed by atoms with Gasteiger partial charge in [0.15, 0.2) is 0 Å². The van der Waals surface area contributed by atoms with Gasteiger partial charge in [-0.1, -0.05) is 58.9 Å². The van der Waals surface area contributed by atoms with Gasteiger partial charge in [0.1, 0.15) is 6.04 Å². The SMILES string of the molecule is CC[C@H](NC(=O)C(NC)C(C)(C)c1cn(C)c2ccccc12)C(=O)N(C)C(C=C(C)C(=O)O)C(C)C. The first-order valence-electron chi connectivity index (χ1n) is 12.5. The number of hydrogen-bond acceptors (Lipinski definition) is 4. The van der Waals surface area contributed by atoms with Crippen molar-refractivity contribution < 1.29 is 19.5 Å². The van der Waals surface area contributed by atoms with E-state index in [4.69, 9.17) is 0 Å². The van der Waals surface area contributed by atoms with Crippen molar-refractivity contribution in [3.8, 4) is 0 Å². The van der Waals surface area contributed by atoms with Crippen LogP contribution in [0.5, 0.6) is 0 Å². The molecule has 2 unspecified atom stereocenters. The first-order valence-corrected chi connectivity index (χ1v) is 12.5. The molecule has 0 bridgehead atoms. The molecule has 0 fully saturated rings. The third kappa shape index (κ3) is 5.98. The summed E-state index contributed by atoms with van der Waals surface area (Å²) in [5, 5.41) is 16.5. The number of aromatic nitrogens is 1. The van der Waals surface area contributed by atoms with Crippen molar-refractivity contribution in [2.24, 2.45) is 13.0 Å². The van der Waals surface area contributed by atoms with E-state index >= 15 is 0 Å². The number of nitrogens with zero attached hydrogens (tertiary/aromatic N) is 2. The minimum atomic E-state index is -1.02. The Hall–Kier alpha value is -3.13. The van der Waals surface area contributed by atoms with E-state index in [1.807, 2.05) is 53.8 Å². The molecule has 8 heteroatoms. The van der Waals surface area contributed by atoms with Gasteiger partial charge in [-0.3, -0.25) is 9.59 Å². The van der Waals surface area contributed by atoms with Crippen molar-refractivity contribution >= 4 is 28.7 Å². The summed E-state index contributed by atoms with van der Waals surface area (Å²) in [6.45, 7) is 11.3. The van der Waals surface area contributed by atoms with Gasteiger partial charge in [-0.05, 0) is 37.9 Å². The molecule has 1 heterocycles. The molecule has 8 nitrogen and oxygen atoms in total. The standard InChI is InChI=1S/C28H42N4O4/c1-10-21(26(34)32(9)23(17(2)3)15-18(4)27(35)36)30-25(33)24(29-7)28(5,6)20-16-31(8)22-14-12-11-13-19(20)22/h11-17,21,23-24,29H,10H2,1-9H3,(H,30,33)(H,35,36)/t21-,23?,24?/m0/s1. The summed E-state index contributed by atoms with van der Waals surface area (Å²) in [5.74, 6) is -1.54. The number of carbonyl (C=O) groups is 3. The maximum atomic E-state index is 13.6. The number of carboxylic acid groups (broad SMARTS) is 1. The number of rotatable bonds is 11. The number of carboxylic acids is 1. The molecule has 2 amide bonds. The third-order valence-electron chi connectivity index (χ3n) is 7.12. The van der Waals surface area contributed by atoms with Crippen molar-refractivity contribution in [3.63, 3.8) is 0 Å². The Bertz CT molecular complexity index is 1130. The summed E-state index contributed by atoms with van der Waals surface area (Å²) < 4.78 is 2.06. The maximum Gasteiger partial charge on any atom is 0.331 e. The number of amides is 2. The summed E-state index contributed by atoms with van der Waals surface area (Å²) in [5.41, 5.74) is 1.73. The average Bonchev–Trinajstić information content (AvgIpc) is 3.17.